The van der Waals surface area contributed by atoms with Crippen molar-refractivity contribution < 1.29 is 19.5 Å². The summed E-state index contributed by atoms with van der Waals surface area (Å²) in [5.74, 6) is 0.295. The molecule has 3 rings (SSSR count). The number of carbonyl (C=O) groups is 3. The molecule has 0 aliphatic carbocycles. The second-order valence-corrected chi connectivity index (χ2v) is 9.17. The zero-order valence-corrected chi connectivity index (χ0v) is 17.5. The molecule has 2 saturated heterocycles. The van der Waals surface area contributed by atoms with Gasteiger partial charge in [0.25, 0.3) is 11.1 Å². The number of hydrogen-bond donors (Lipinski definition) is 2. The zero-order valence-electron chi connectivity index (χ0n) is 16.7. The van der Waals surface area contributed by atoms with Crippen molar-refractivity contribution in [3.63, 3.8) is 0 Å². The van der Waals surface area contributed by atoms with Gasteiger partial charge in [-0.2, -0.15) is 0 Å². The van der Waals surface area contributed by atoms with Crippen molar-refractivity contribution in [2.45, 2.75) is 39.2 Å². The first-order chi connectivity index (χ1) is 13.6. The molecular weight excluding hydrogens is 394 g/mol. The Morgan fingerprint density at radius 1 is 1.45 bits per heavy atom. The summed E-state index contributed by atoms with van der Waals surface area (Å²) in [6.45, 7) is 7.58. The molecule has 0 saturated carbocycles. The van der Waals surface area contributed by atoms with E-state index in [0.717, 1.165) is 31.1 Å². The van der Waals surface area contributed by atoms with Crippen LogP contribution in [0.3, 0.4) is 0 Å². The zero-order chi connectivity index (χ0) is 21.2. The summed E-state index contributed by atoms with van der Waals surface area (Å²) in [5, 5.41) is 11.4. The molecule has 2 aliphatic rings. The molecule has 1 unspecified atom stereocenters. The van der Waals surface area contributed by atoms with E-state index in [1.165, 1.54) is 4.90 Å². The Bertz CT molecular complexity index is 851. The van der Waals surface area contributed by atoms with E-state index in [1.807, 2.05) is 25.7 Å². The Kier molecular flexibility index (Phi) is 6.11. The molecular formula is C19H25N5O4S. The van der Waals surface area contributed by atoms with Gasteiger partial charge in [-0.05, 0) is 63.4 Å². The van der Waals surface area contributed by atoms with Crippen LogP contribution in [0.2, 0.25) is 0 Å². The molecule has 0 aromatic carbocycles. The maximum Gasteiger partial charge on any atom is 0.407 e. The maximum atomic E-state index is 11.7. The van der Waals surface area contributed by atoms with Crippen molar-refractivity contribution in [3.8, 4) is 0 Å². The first-order valence-corrected chi connectivity index (χ1v) is 10.3. The van der Waals surface area contributed by atoms with Crippen LogP contribution >= 0.6 is 11.8 Å². The standard InChI is InChI=1S/C19H25N5O4S/c1-19(2,3)24(18(27)28)11-12-5-4-8-23(10-12)16-20-7-6-13(21-16)9-14-15(25)22-17(26)29-14/h6-7,9,12H,4-5,8,10-11H2,1-3H3,(H,27,28)(H,22,25,26)/b14-9-. The van der Waals surface area contributed by atoms with E-state index in [9.17, 15) is 19.5 Å². The molecule has 10 heteroatoms. The molecule has 3 heterocycles. The van der Waals surface area contributed by atoms with E-state index in [2.05, 4.69) is 15.3 Å². The van der Waals surface area contributed by atoms with Gasteiger partial charge in [-0.1, -0.05) is 0 Å². The lowest BCUT2D eigenvalue weighted by Gasteiger charge is -2.39. The summed E-state index contributed by atoms with van der Waals surface area (Å²) in [5.41, 5.74) is 0.0829. The number of rotatable bonds is 4. The van der Waals surface area contributed by atoms with Gasteiger partial charge < -0.3 is 14.9 Å². The summed E-state index contributed by atoms with van der Waals surface area (Å²) in [6.07, 6.45) is 4.14. The minimum absolute atomic E-state index is 0.179. The molecule has 0 bridgehead atoms. The van der Waals surface area contributed by atoms with E-state index in [-0.39, 0.29) is 5.92 Å². The molecule has 1 aromatic rings. The lowest BCUT2D eigenvalue weighted by atomic mass is 9.95. The summed E-state index contributed by atoms with van der Waals surface area (Å²) in [6, 6.07) is 1.68. The molecule has 0 spiro atoms. The summed E-state index contributed by atoms with van der Waals surface area (Å²) < 4.78 is 0. The summed E-state index contributed by atoms with van der Waals surface area (Å²) >= 11 is 0.848. The van der Waals surface area contributed by atoms with Crippen molar-refractivity contribution in [2.75, 3.05) is 24.5 Å². The number of amides is 3. The molecule has 2 aliphatic heterocycles. The maximum absolute atomic E-state index is 11.7. The highest BCUT2D eigenvalue weighted by Crippen LogP contribution is 2.27. The summed E-state index contributed by atoms with van der Waals surface area (Å²) in [4.78, 5) is 47.4. The van der Waals surface area contributed by atoms with Gasteiger partial charge in [0, 0.05) is 31.4 Å². The lowest BCUT2D eigenvalue weighted by Crippen LogP contribution is -2.50. The number of carbonyl (C=O) groups excluding carboxylic acids is 2. The Morgan fingerprint density at radius 2 is 2.21 bits per heavy atom. The largest absolute Gasteiger partial charge is 0.465 e. The fourth-order valence-electron chi connectivity index (χ4n) is 3.44. The Morgan fingerprint density at radius 3 is 2.83 bits per heavy atom. The minimum atomic E-state index is -0.915. The quantitative estimate of drug-likeness (QED) is 0.716. The molecule has 156 valence electrons. The molecule has 9 nitrogen and oxygen atoms in total. The smallest absolute Gasteiger partial charge is 0.407 e. The second-order valence-electron chi connectivity index (χ2n) is 8.15. The predicted molar refractivity (Wildman–Crippen MR) is 111 cm³/mol. The average Bonchev–Trinajstić information content (AvgIpc) is 2.96. The van der Waals surface area contributed by atoms with Gasteiger partial charge in [-0.15, -0.1) is 0 Å². The topological polar surface area (TPSA) is 116 Å². The van der Waals surface area contributed by atoms with Crippen LogP contribution in [-0.2, 0) is 4.79 Å². The minimum Gasteiger partial charge on any atom is -0.465 e. The first kappa shape index (κ1) is 21.1. The molecule has 0 radical (unpaired) electrons. The number of aromatic nitrogens is 2. The van der Waals surface area contributed by atoms with Crippen LogP contribution in [0.1, 0.15) is 39.3 Å². The van der Waals surface area contributed by atoms with Crippen LogP contribution < -0.4 is 10.2 Å². The molecule has 3 amide bonds. The number of imide groups is 1. The van der Waals surface area contributed by atoms with E-state index < -0.39 is 22.8 Å². The second kappa shape index (κ2) is 8.40. The van der Waals surface area contributed by atoms with Gasteiger partial charge in [0.1, 0.15) is 0 Å². The highest BCUT2D eigenvalue weighted by Gasteiger charge is 2.31. The Balaban J connectivity index is 1.72. The van der Waals surface area contributed by atoms with Crippen molar-refractivity contribution in [1.82, 2.24) is 20.2 Å². The van der Waals surface area contributed by atoms with Gasteiger partial charge in [0.05, 0.1) is 10.6 Å². The number of nitrogens with zero attached hydrogens (tertiary/aromatic N) is 4. The van der Waals surface area contributed by atoms with Crippen LogP contribution in [0.15, 0.2) is 17.2 Å². The van der Waals surface area contributed by atoms with Crippen LogP contribution in [-0.4, -0.2) is 62.4 Å². The molecule has 1 aromatic heterocycles. The average molecular weight is 420 g/mol. The number of nitrogens with one attached hydrogen (secondary N) is 1. The Hall–Kier alpha value is -2.62. The van der Waals surface area contributed by atoms with Crippen molar-refractivity contribution >= 4 is 41.0 Å². The number of anilines is 1. The first-order valence-electron chi connectivity index (χ1n) is 9.47. The van der Waals surface area contributed by atoms with Gasteiger partial charge in [0.2, 0.25) is 5.95 Å². The highest BCUT2D eigenvalue weighted by atomic mass is 32.2. The van der Waals surface area contributed by atoms with Gasteiger partial charge in [-0.25, -0.2) is 14.8 Å². The molecule has 2 fully saturated rings. The SMILES string of the molecule is CC(C)(C)N(CC1CCCN(c2nccc(/C=C3\SC(=O)NC3=O)n2)C1)C(=O)O. The van der Waals surface area contributed by atoms with E-state index in [0.29, 0.717) is 29.6 Å². The van der Waals surface area contributed by atoms with Crippen LogP contribution in [0, 0.1) is 5.92 Å². The predicted octanol–water partition coefficient (Wildman–Crippen LogP) is 2.80. The van der Waals surface area contributed by atoms with E-state index >= 15 is 0 Å². The van der Waals surface area contributed by atoms with Gasteiger partial charge in [0.15, 0.2) is 0 Å². The monoisotopic (exact) mass is 419 g/mol. The normalized spacial score (nSPS) is 21.4. The third-order valence-electron chi connectivity index (χ3n) is 4.87. The van der Waals surface area contributed by atoms with E-state index in [1.54, 1.807) is 18.3 Å². The lowest BCUT2D eigenvalue weighted by molar-refractivity contribution is -0.115. The van der Waals surface area contributed by atoms with Crippen LogP contribution in [0.5, 0.6) is 0 Å². The van der Waals surface area contributed by atoms with Crippen LogP contribution in [0.25, 0.3) is 6.08 Å². The number of hydrogen-bond acceptors (Lipinski definition) is 7. The number of carboxylic acid groups (broad SMARTS) is 1. The number of thioether (sulfide) groups is 1. The van der Waals surface area contributed by atoms with Gasteiger partial charge >= 0.3 is 6.09 Å². The highest BCUT2D eigenvalue weighted by molar-refractivity contribution is 8.18. The molecule has 2 N–H and O–H groups in total. The number of piperidine rings is 1. The molecule has 1 atom stereocenters. The van der Waals surface area contributed by atoms with Crippen LogP contribution in [0.4, 0.5) is 15.5 Å². The fourth-order valence-corrected chi connectivity index (χ4v) is 4.11. The van der Waals surface area contributed by atoms with Crippen molar-refractivity contribution in [3.05, 3.63) is 22.9 Å². The molecule has 29 heavy (non-hydrogen) atoms. The van der Waals surface area contributed by atoms with E-state index in [4.69, 9.17) is 0 Å². The third-order valence-corrected chi connectivity index (χ3v) is 5.68. The van der Waals surface area contributed by atoms with Gasteiger partial charge in [-0.3, -0.25) is 14.9 Å². The Labute approximate surface area is 173 Å². The third kappa shape index (κ3) is 5.26. The summed E-state index contributed by atoms with van der Waals surface area (Å²) in [7, 11) is 0. The van der Waals surface area contributed by atoms with Crippen molar-refractivity contribution in [1.29, 1.82) is 0 Å². The fraction of sp³-hybridized carbons (Fsp3) is 0.526. The van der Waals surface area contributed by atoms with Crippen molar-refractivity contribution in [2.24, 2.45) is 5.92 Å².